The summed E-state index contributed by atoms with van der Waals surface area (Å²) >= 11 is 1.85. The smallest absolute Gasteiger partial charge is 0.258 e. The average Bonchev–Trinajstić information content (AvgIpc) is 2.50. The van der Waals surface area contributed by atoms with E-state index in [4.69, 9.17) is 4.74 Å². The molecule has 1 aliphatic rings. The molecule has 1 aliphatic heterocycles. The number of fused-ring (bicyclic) bond motifs is 1. The van der Waals surface area contributed by atoms with E-state index < -0.39 is 0 Å². The van der Waals surface area contributed by atoms with Crippen molar-refractivity contribution in [3.05, 3.63) is 39.9 Å². The van der Waals surface area contributed by atoms with Crippen LogP contribution in [-0.2, 0) is 10.5 Å². The number of rotatable bonds is 4. The largest absolute Gasteiger partial charge is 0.381 e. The maximum atomic E-state index is 12.1. The van der Waals surface area contributed by atoms with Gasteiger partial charge in [0, 0.05) is 13.2 Å². The SMILES string of the molecule is Cc1cccc2c(=O)[nH]c(CSCC3CCOCC3)nc12. The number of nitrogens with one attached hydrogen (secondary N) is 1. The summed E-state index contributed by atoms with van der Waals surface area (Å²) in [6.07, 6.45) is 2.29. The number of aromatic amines is 1. The first-order valence-corrected chi connectivity index (χ1v) is 8.53. The van der Waals surface area contributed by atoms with Crippen molar-refractivity contribution in [2.75, 3.05) is 19.0 Å². The van der Waals surface area contributed by atoms with Crippen LogP contribution >= 0.6 is 11.8 Å². The standard InChI is InChI=1S/C16H20N2O2S/c1-11-3-2-4-13-15(11)17-14(18-16(13)19)10-21-9-12-5-7-20-8-6-12/h2-4,12H,5-10H2,1H3,(H,17,18,19). The van der Waals surface area contributed by atoms with Crippen molar-refractivity contribution < 1.29 is 4.74 Å². The molecule has 0 unspecified atom stereocenters. The summed E-state index contributed by atoms with van der Waals surface area (Å²) in [5.74, 6) is 3.38. The Morgan fingerprint density at radius 2 is 2.19 bits per heavy atom. The highest BCUT2D eigenvalue weighted by Crippen LogP contribution is 2.22. The highest BCUT2D eigenvalue weighted by atomic mass is 32.2. The van der Waals surface area contributed by atoms with Crippen molar-refractivity contribution in [3.63, 3.8) is 0 Å². The second-order valence-electron chi connectivity index (χ2n) is 5.55. The molecule has 1 N–H and O–H groups in total. The predicted octanol–water partition coefficient (Wildman–Crippen LogP) is 2.89. The Morgan fingerprint density at radius 3 is 3.00 bits per heavy atom. The Balaban J connectivity index is 1.69. The number of benzene rings is 1. The topological polar surface area (TPSA) is 55.0 Å². The van der Waals surface area contributed by atoms with Crippen LogP contribution < -0.4 is 5.56 Å². The fourth-order valence-electron chi connectivity index (χ4n) is 2.66. The molecule has 0 amide bonds. The monoisotopic (exact) mass is 304 g/mol. The van der Waals surface area contributed by atoms with E-state index in [-0.39, 0.29) is 5.56 Å². The van der Waals surface area contributed by atoms with E-state index in [9.17, 15) is 4.79 Å². The Labute approximate surface area is 128 Å². The Kier molecular flexibility index (Phi) is 4.60. The van der Waals surface area contributed by atoms with Crippen molar-refractivity contribution in [1.29, 1.82) is 0 Å². The van der Waals surface area contributed by atoms with Gasteiger partial charge in [0.15, 0.2) is 0 Å². The zero-order chi connectivity index (χ0) is 14.7. The summed E-state index contributed by atoms with van der Waals surface area (Å²) < 4.78 is 5.37. The van der Waals surface area contributed by atoms with Gasteiger partial charge in [-0.25, -0.2) is 4.98 Å². The minimum Gasteiger partial charge on any atom is -0.381 e. The zero-order valence-corrected chi connectivity index (χ0v) is 13.0. The van der Waals surface area contributed by atoms with E-state index in [0.717, 1.165) is 60.4 Å². The summed E-state index contributed by atoms with van der Waals surface area (Å²) in [7, 11) is 0. The molecule has 0 spiro atoms. The van der Waals surface area contributed by atoms with Gasteiger partial charge in [-0.2, -0.15) is 11.8 Å². The number of para-hydroxylation sites is 1. The van der Waals surface area contributed by atoms with E-state index in [1.807, 2.05) is 36.9 Å². The lowest BCUT2D eigenvalue weighted by Crippen LogP contribution is -2.17. The van der Waals surface area contributed by atoms with Crippen LogP contribution in [-0.4, -0.2) is 28.9 Å². The summed E-state index contributed by atoms with van der Waals surface area (Å²) in [6.45, 7) is 3.76. The van der Waals surface area contributed by atoms with Crippen molar-refractivity contribution in [2.24, 2.45) is 5.92 Å². The van der Waals surface area contributed by atoms with Crippen molar-refractivity contribution in [2.45, 2.75) is 25.5 Å². The van der Waals surface area contributed by atoms with Gasteiger partial charge in [-0.15, -0.1) is 0 Å². The van der Waals surface area contributed by atoms with Crippen LogP contribution in [0.4, 0.5) is 0 Å². The molecule has 0 aliphatic carbocycles. The Morgan fingerprint density at radius 1 is 1.38 bits per heavy atom. The van der Waals surface area contributed by atoms with Gasteiger partial charge in [0.25, 0.3) is 5.56 Å². The molecular formula is C16H20N2O2S. The minimum absolute atomic E-state index is 0.0367. The average molecular weight is 304 g/mol. The summed E-state index contributed by atoms with van der Waals surface area (Å²) in [5.41, 5.74) is 1.84. The van der Waals surface area contributed by atoms with Gasteiger partial charge in [-0.05, 0) is 43.1 Å². The van der Waals surface area contributed by atoms with E-state index in [2.05, 4.69) is 9.97 Å². The van der Waals surface area contributed by atoms with E-state index in [0.29, 0.717) is 5.39 Å². The first-order chi connectivity index (χ1) is 10.2. The maximum Gasteiger partial charge on any atom is 0.258 e. The lowest BCUT2D eigenvalue weighted by Gasteiger charge is -2.21. The van der Waals surface area contributed by atoms with Crippen LogP contribution in [0.2, 0.25) is 0 Å². The molecule has 3 rings (SSSR count). The molecule has 1 fully saturated rings. The number of aromatic nitrogens is 2. The summed E-state index contributed by atoms with van der Waals surface area (Å²) in [6, 6.07) is 5.72. The van der Waals surface area contributed by atoms with Crippen LogP contribution in [0.15, 0.2) is 23.0 Å². The second kappa shape index (κ2) is 6.62. The number of ether oxygens (including phenoxy) is 1. The first kappa shape index (κ1) is 14.6. The molecule has 0 radical (unpaired) electrons. The third kappa shape index (κ3) is 3.47. The Bertz CT molecular complexity index is 678. The van der Waals surface area contributed by atoms with Crippen molar-refractivity contribution in [1.82, 2.24) is 9.97 Å². The van der Waals surface area contributed by atoms with E-state index in [1.165, 1.54) is 0 Å². The fourth-order valence-corrected chi connectivity index (χ4v) is 3.77. The molecule has 1 saturated heterocycles. The van der Waals surface area contributed by atoms with Crippen LogP contribution in [0.1, 0.15) is 24.2 Å². The predicted molar refractivity (Wildman–Crippen MR) is 86.8 cm³/mol. The molecule has 0 saturated carbocycles. The van der Waals surface area contributed by atoms with Crippen LogP contribution in [0, 0.1) is 12.8 Å². The molecule has 2 aromatic rings. The van der Waals surface area contributed by atoms with Gasteiger partial charge in [0.05, 0.1) is 16.7 Å². The normalized spacial score (nSPS) is 16.4. The number of aryl methyl sites for hydroxylation is 1. The summed E-state index contributed by atoms with van der Waals surface area (Å²) in [4.78, 5) is 19.6. The van der Waals surface area contributed by atoms with Gasteiger partial charge in [-0.1, -0.05) is 12.1 Å². The van der Waals surface area contributed by atoms with Gasteiger partial charge < -0.3 is 9.72 Å². The molecule has 1 aromatic carbocycles. The van der Waals surface area contributed by atoms with Gasteiger partial charge in [-0.3, -0.25) is 4.79 Å². The number of hydrogen-bond acceptors (Lipinski definition) is 4. The maximum absolute atomic E-state index is 12.1. The third-order valence-electron chi connectivity index (χ3n) is 3.92. The van der Waals surface area contributed by atoms with E-state index >= 15 is 0 Å². The molecule has 2 heterocycles. The van der Waals surface area contributed by atoms with E-state index in [1.54, 1.807) is 0 Å². The van der Waals surface area contributed by atoms with Crippen LogP contribution in [0.3, 0.4) is 0 Å². The summed E-state index contributed by atoms with van der Waals surface area (Å²) in [5, 5.41) is 0.674. The molecule has 4 nitrogen and oxygen atoms in total. The van der Waals surface area contributed by atoms with Crippen LogP contribution in [0.5, 0.6) is 0 Å². The molecule has 0 atom stereocenters. The molecule has 0 bridgehead atoms. The number of hydrogen-bond donors (Lipinski definition) is 1. The second-order valence-corrected chi connectivity index (χ2v) is 6.58. The fraction of sp³-hybridized carbons (Fsp3) is 0.500. The number of nitrogens with zero attached hydrogens (tertiary/aromatic N) is 1. The number of thioether (sulfide) groups is 1. The quantitative estimate of drug-likeness (QED) is 0.943. The zero-order valence-electron chi connectivity index (χ0n) is 12.2. The molecular weight excluding hydrogens is 284 g/mol. The minimum atomic E-state index is -0.0367. The van der Waals surface area contributed by atoms with Crippen LogP contribution in [0.25, 0.3) is 10.9 Å². The highest BCUT2D eigenvalue weighted by Gasteiger charge is 2.14. The molecule has 112 valence electrons. The molecule has 1 aromatic heterocycles. The van der Waals surface area contributed by atoms with Crippen molar-refractivity contribution >= 4 is 22.7 Å². The first-order valence-electron chi connectivity index (χ1n) is 7.38. The van der Waals surface area contributed by atoms with Gasteiger partial charge in [0.1, 0.15) is 5.82 Å². The lowest BCUT2D eigenvalue weighted by molar-refractivity contribution is 0.0728. The van der Waals surface area contributed by atoms with Crippen molar-refractivity contribution in [3.8, 4) is 0 Å². The molecule has 21 heavy (non-hydrogen) atoms. The van der Waals surface area contributed by atoms with Gasteiger partial charge >= 0.3 is 0 Å². The highest BCUT2D eigenvalue weighted by molar-refractivity contribution is 7.98. The third-order valence-corrected chi connectivity index (χ3v) is 5.10. The number of H-pyrrole nitrogens is 1. The Hall–Kier alpha value is -1.33. The molecule has 5 heteroatoms. The van der Waals surface area contributed by atoms with Gasteiger partial charge in [0.2, 0.25) is 0 Å². The lowest BCUT2D eigenvalue weighted by atomic mass is 10.0.